The molecule has 0 aliphatic heterocycles. The van der Waals surface area contributed by atoms with Crippen molar-refractivity contribution in [1.29, 1.82) is 0 Å². The van der Waals surface area contributed by atoms with Crippen LogP contribution in [-0.4, -0.2) is 30.4 Å². The molecule has 0 aromatic carbocycles. The van der Waals surface area contributed by atoms with E-state index in [2.05, 4.69) is 15.5 Å². The number of aryl methyl sites for hydroxylation is 1. The minimum absolute atomic E-state index is 0.0547. The van der Waals surface area contributed by atoms with E-state index in [9.17, 15) is 14.9 Å². The summed E-state index contributed by atoms with van der Waals surface area (Å²) in [5.74, 6) is -0.765. The molecule has 0 saturated heterocycles. The molecule has 24 heavy (non-hydrogen) atoms. The van der Waals surface area contributed by atoms with E-state index in [0.717, 1.165) is 17.8 Å². The Labute approximate surface area is 143 Å². The van der Waals surface area contributed by atoms with Crippen molar-refractivity contribution in [2.75, 3.05) is 0 Å². The minimum Gasteiger partial charge on any atom is -0.358 e. The summed E-state index contributed by atoms with van der Waals surface area (Å²) in [6.45, 7) is 7.97. The molecule has 2 aromatic rings. The van der Waals surface area contributed by atoms with Gasteiger partial charge in [0.2, 0.25) is 5.91 Å². The fourth-order valence-electron chi connectivity index (χ4n) is 2.48. The van der Waals surface area contributed by atoms with Gasteiger partial charge in [0.25, 0.3) is 0 Å². The van der Waals surface area contributed by atoms with Gasteiger partial charge in [-0.2, -0.15) is 9.78 Å². The number of hydrogen-bond acceptors (Lipinski definition) is 5. The van der Waals surface area contributed by atoms with E-state index in [1.165, 1.54) is 4.68 Å². The van der Waals surface area contributed by atoms with Gasteiger partial charge in [0.05, 0.1) is 23.0 Å². The first-order valence-electron chi connectivity index (χ1n) is 7.45. The zero-order valence-corrected chi connectivity index (χ0v) is 14.7. The quantitative estimate of drug-likeness (QED) is 0.631. The van der Waals surface area contributed by atoms with Crippen molar-refractivity contribution < 1.29 is 9.72 Å². The van der Waals surface area contributed by atoms with Crippen molar-refractivity contribution in [1.82, 2.24) is 24.9 Å². The average Bonchev–Trinajstić information content (AvgIpc) is 3.02. The van der Waals surface area contributed by atoms with Crippen molar-refractivity contribution in [3.63, 3.8) is 0 Å². The summed E-state index contributed by atoms with van der Waals surface area (Å²) in [4.78, 5) is 22.4. The number of halogens is 1. The average molecular weight is 355 g/mol. The van der Waals surface area contributed by atoms with Crippen LogP contribution in [0.3, 0.4) is 0 Å². The molecule has 0 radical (unpaired) electrons. The van der Waals surface area contributed by atoms with Crippen LogP contribution in [0.4, 0.5) is 5.82 Å². The number of aromatic nitrogens is 4. The van der Waals surface area contributed by atoms with Crippen LogP contribution in [0.2, 0.25) is 5.02 Å². The van der Waals surface area contributed by atoms with E-state index in [0.29, 0.717) is 5.69 Å². The third-order valence-corrected chi connectivity index (χ3v) is 4.31. The second kappa shape index (κ2) is 7.00. The lowest BCUT2D eigenvalue weighted by molar-refractivity contribution is -0.389. The SMILES string of the molecule is CCn1ncc(C(C)NC(=O)Cn2nc([N+](=O)[O-])c(Cl)c2C)c1C. The number of nitro groups is 1. The summed E-state index contributed by atoms with van der Waals surface area (Å²) in [6.07, 6.45) is 1.73. The topological polar surface area (TPSA) is 108 Å². The fraction of sp³-hybridized carbons (Fsp3) is 0.500. The van der Waals surface area contributed by atoms with Gasteiger partial charge in [0.15, 0.2) is 5.02 Å². The third-order valence-electron chi connectivity index (χ3n) is 3.87. The van der Waals surface area contributed by atoms with Crippen LogP contribution in [0.25, 0.3) is 0 Å². The number of carbonyl (C=O) groups excluding carboxylic acids is 1. The summed E-state index contributed by atoms with van der Waals surface area (Å²) >= 11 is 5.87. The highest BCUT2D eigenvalue weighted by atomic mass is 35.5. The van der Waals surface area contributed by atoms with Crippen LogP contribution < -0.4 is 5.32 Å². The lowest BCUT2D eigenvalue weighted by atomic mass is 10.1. The number of hydrogen-bond donors (Lipinski definition) is 1. The Balaban J connectivity index is 2.09. The van der Waals surface area contributed by atoms with Gasteiger partial charge in [-0.3, -0.25) is 9.48 Å². The maximum atomic E-state index is 12.2. The van der Waals surface area contributed by atoms with E-state index < -0.39 is 10.7 Å². The second-order valence-electron chi connectivity index (χ2n) is 5.43. The highest BCUT2D eigenvalue weighted by Gasteiger charge is 2.25. The molecule has 0 aliphatic rings. The highest BCUT2D eigenvalue weighted by Crippen LogP contribution is 2.26. The molecule has 2 heterocycles. The van der Waals surface area contributed by atoms with Gasteiger partial charge in [-0.05, 0) is 32.6 Å². The first kappa shape index (κ1) is 17.9. The van der Waals surface area contributed by atoms with Gasteiger partial charge in [-0.25, -0.2) is 0 Å². The van der Waals surface area contributed by atoms with Crippen LogP contribution in [0.15, 0.2) is 6.20 Å². The molecule has 10 heteroatoms. The van der Waals surface area contributed by atoms with E-state index in [-0.39, 0.29) is 23.5 Å². The summed E-state index contributed by atoms with van der Waals surface area (Å²) < 4.78 is 3.07. The Morgan fingerprint density at radius 3 is 2.58 bits per heavy atom. The van der Waals surface area contributed by atoms with Crippen LogP contribution in [0.5, 0.6) is 0 Å². The molecule has 0 aliphatic carbocycles. The van der Waals surface area contributed by atoms with Crippen molar-refractivity contribution in [3.05, 3.63) is 38.3 Å². The van der Waals surface area contributed by atoms with Crippen LogP contribution in [-0.2, 0) is 17.9 Å². The molecule has 0 saturated carbocycles. The Kier molecular flexibility index (Phi) is 5.23. The Hall–Kier alpha value is -2.42. The molecule has 2 rings (SSSR count). The third kappa shape index (κ3) is 3.40. The van der Waals surface area contributed by atoms with E-state index in [4.69, 9.17) is 11.6 Å². The molecule has 1 atom stereocenters. The molecular weight excluding hydrogens is 336 g/mol. The molecule has 1 N–H and O–H groups in total. The molecule has 0 fully saturated rings. The van der Waals surface area contributed by atoms with Crippen LogP contribution in [0, 0.1) is 24.0 Å². The zero-order chi connectivity index (χ0) is 18.0. The van der Waals surface area contributed by atoms with Crippen molar-refractivity contribution in [3.8, 4) is 0 Å². The van der Waals surface area contributed by atoms with E-state index >= 15 is 0 Å². The van der Waals surface area contributed by atoms with Crippen molar-refractivity contribution in [2.45, 2.75) is 46.8 Å². The Morgan fingerprint density at radius 1 is 1.42 bits per heavy atom. The lowest BCUT2D eigenvalue weighted by Crippen LogP contribution is -2.31. The molecule has 1 unspecified atom stereocenters. The predicted molar refractivity (Wildman–Crippen MR) is 87.8 cm³/mol. The summed E-state index contributed by atoms with van der Waals surface area (Å²) in [6, 6.07) is -0.237. The monoisotopic (exact) mass is 354 g/mol. The maximum Gasteiger partial charge on any atom is 0.408 e. The molecule has 1 amide bonds. The molecule has 9 nitrogen and oxygen atoms in total. The predicted octanol–water partition coefficient (Wildman–Crippen LogP) is 2.16. The highest BCUT2D eigenvalue weighted by molar-refractivity contribution is 6.33. The molecule has 0 spiro atoms. The van der Waals surface area contributed by atoms with Gasteiger partial charge in [0.1, 0.15) is 6.54 Å². The van der Waals surface area contributed by atoms with Gasteiger partial charge in [-0.1, -0.05) is 11.6 Å². The van der Waals surface area contributed by atoms with Crippen LogP contribution >= 0.6 is 11.6 Å². The summed E-state index contributed by atoms with van der Waals surface area (Å²) in [5.41, 5.74) is 2.28. The molecule has 2 aromatic heterocycles. The number of nitrogens with zero attached hydrogens (tertiary/aromatic N) is 5. The van der Waals surface area contributed by atoms with E-state index in [1.807, 2.05) is 25.5 Å². The number of carbonyl (C=O) groups is 1. The van der Waals surface area contributed by atoms with Gasteiger partial charge < -0.3 is 15.4 Å². The summed E-state index contributed by atoms with van der Waals surface area (Å²) in [7, 11) is 0. The standard InChI is InChI=1S/C14H19ClN6O3/c1-5-19-9(3)11(6-16-19)8(2)17-12(22)7-20-10(4)13(15)14(18-20)21(23)24/h6,8H,5,7H2,1-4H3,(H,17,22). The summed E-state index contributed by atoms with van der Waals surface area (Å²) in [5, 5.41) is 21.6. The smallest absolute Gasteiger partial charge is 0.358 e. The van der Waals surface area contributed by atoms with Gasteiger partial charge >= 0.3 is 5.82 Å². The number of amides is 1. The second-order valence-corrected chi connectivity index (χ2v) is 5.81. The van der Waals surface area contributed by atoms with E-state index in [1.54, 1.807) is 13.1 Å². The van der Waals surface area contributed by atoms with Crippen LogP contribution in [0.1, 0.15) is 36.8 Å². The molecule has 130 valence electrons. The number of nitrogens with one attached hydrogen (secondary N) is 1. The van der Waals surface area contributed by atoms with Gasteiger partial charge in [-0.15, -0.1) is 0 Å². The molecule has 0 bridgehead atoms. The largest absolute Gasteiger partial charge is 0.408 e. The molecular formula is C14H19ClN6O3. The first-order valence-corrected chi connectivity index (χ1v) is 7.83. The van der Waals surface area contributed by atoms with Crippen molar-refractivity contribution in [2.24, 2.45) is 0 Å². The normalized spacial score (nSPS) is 12.2. The van der Waals surface area contributed by atoms with Crippen molar-refractivity contribution >= 4 is 23.3 Å². The fourth-order valence-corrected chi connectivity index (χ4v) is 2.69. The zero-order valence-electron chi connectivity index (χ0n) is 13.9. The first-order chi connectivity index (χ1) is 11.3. The maximum absolute atomic E-state index is 12.2. The Morgan fingerprint density at radius 2 is 2.08 bits per heavy atom. The number of rotatable bonds is 6. The van der Waals surface area contributed by atoms with Gasteiger partial charge in [0, 0.05) is 17.8 Å². The lowest BCUT2D eigenvalue weighted by Gasteiger charge is -2.13. The Bertz CT molecular complexity index is 782. The minimum atomic E-state index is -0.672.